The molecule has 252 valence electrons. The Morgan fingerprint density at radius 2 is 1.06 bits per heavy atom. The maximum Gasteiger partial charge on any atom is 0.174 e. The largest absolute Gasteiger partial charge is 0.208 e. The van der Waals surface area contributed by atoms with Gasteiger partial charge < -0.3 is 0 Å². The van der Waals surface area contributed by atoms with Crippen LogP contribution in [0, 0.1) is 5.92 Å². The second kappa shape index (κ2) is 12.8. The fourth-order valence-electron chi connectivity index (χ4n) is 8.30. The van der Waals surface area contributed by atoms with Crippen LogP contribution in [0.1, 0.15) is 39.6 Å². The molecule has 0 saturated heterocycles. The molecule has 2 aliphatic carbocycles. The molecule has 0 amide bonds. The molecule has 10 rings (SSSR count). The third-order valence-electron chi connectivity index (χ3n) is 10.8. The molecule has 1 unspecified atom stereocenters. The summed E-state index contributed by atoms with van der Waals surface area (Å²) in [7, 11) is 0. The molecular formula is C49H35N3S. The molecule has 53 heavy (non-hydrogen) atoms. The van der Waals surface area contributed by atoms with Crippen LogP contribution in [0.2, 0.25) is 0 Å². The van der Waals surface area contributed by atoms with Crippen molar-refractivity contribution >= 4 is 17.4 Å². The van der Waals surface area contributed by atoms with Crippen molar-refractivity contribution in [3.05, 3.63) is 203 Å². The van der Waals surface area contributed by atoms with Crippen molar-refractivity contribution in [3.63, 3.8) is 0 Å². The third kappa shape index (κ3) is 5.29. The summed E-state index contributed by atoms with van der Waals surface area (Å²) in [4.78, 5) is 18.1. The molecule has 0 saturated carbocycles. The highest BCUT2D eigenvalue weighted by molar-refractivity contribution is 7.15. The molecule has 4 heteroatoms. The SMILES string of the molecule is CC1C=Cc2cc(-c3nc(-c4cccc(-c5ccccc5)c4)nc(-c4cccc(C5(c6ccccc6)c6ccccc6-c6ccccc65)c4)n3)sc2C1. The Kier molecular flexibility index (Phi) is 7.59. The van der Waals surface area contributed by atoms with Gasteiger partial charge in [-0.1, -0.05) is 165 Å². The van der Waals surface area contributed by atoms with E-state index in [4.69, 9.17) is 15.0 Å². The normalized spacial score (nSPS) is 15.1. The van der Waals surface area contributed by atoms with Crippen LogP contribution < -0.4 is 0 Å². The highest BCUT2D eigenvalue weighted by atomic mass is 32.1. The number of aromatic nitrogens is 3. The lowest BCUT2D eigenvalue weighted by molar-refractivity contribution is 0.727. The van der Waals surface area contributed by atoms with E-state index in [1.165, 1.54) is 43.8 Å². The van der Waals surface area contributed by atoms with E-state index >= 15 is 0 Å². The fourth-order valence-corrected chi connectivity index (χ4v) is 9.52. The monoisotopic (exact) mass is 697 g/mol. The minimum Gasteiger partial charge on any atom is -0.208 e. The number of benzene rings is 6. The number of hydrogen-bond acceptors (Lipinski definition) is 4. The fraction of sp³-hybridized carbons (Fsp3) is 0.0816. The average Bonchev–Trinajstić information content (AvgIpc) is 3.79. The predicted octanol–water partition coefficient (Wildman–Crippen LogP) is 12.2. The molecule has 8 aromatic rings. The molecule has 0 bridgehead atoms. The Morgan fingerprint density at radius 3 is 1.77 bits per heavy atom. The molecule has 0 radical (unpaired) electrons. The number of allylic oxidation sites excluding steroid dienone is 1. The van der Waals surface area contributed by atoms with E-state index in [9.17, 15) is 0 Å². The van der Waals surface area contributed by atoms with E-state index in [0.717, 1.165) is 33.6 Å². The Bertz CT molecular complexity index is 2630. The van der Waals surface area contributed by atoms with Crippen molar-refractivity contribution < 1.29 is 0 Å². The molecule has 2 aromatic heterocycles. The van der Waals surface area contributed by atoms with Crippen LogP contribution in [0.15, 0.2) is 170 Å². The van der Waals surface area contributed by atoms with Crippen LogP contribution in [0.4, 0.5) is 0 Å². The second-order valence-corrected chi connectivity index (χ2v) is 15.2. The molecule has 1 atom stereocenters. The minimum atomic E-state index is -0.511. The summed E-state index contributed by atoms with van der Waals surface area (Å²) < 4.78 is 0. The topological polar surface area (TPSA) is 38.7 Å². The third-order valence-corrected chi connectivity index (χ3v) is 11.9. The van der Waals surface area contributed by atoms with Gasteiger partial charge in [-0.25, -0.2) is 15.0 Å². The van der Waals surface area contributed by atoms with Crippen molar-refractivity contribution in [2.24, 2.45) is 5.92 Å². The molecular weight excluding hydrogens is 663 g/mol. The van der Waals surface area contributed by atoms with Gasteiger partial charge >= 0.3 is 0 Å². The van der Waals surface area contributed by atoms with Crippen molar-refractivity contribution in [2.75, 3.05) is 0 Å². The Hall–Kier alpha value is -6.23. The number of thiophene rings is 1. The first-order chi connectivity index (χ1) is 26.1. The zero-order valence-electron chi connectivity index (χ0n) is 29.3. The summed E-state index contributed by atoms with van der Waals surface area (Å²) in [6.07, 6.45) is 5.58. The summed E-state index contributed by atoms with van der Waals surface area (Å²) in [6, 6.07) is 58.8. The summed E-state index contributed by atoms with van der Waals surface area (Å²) >= 11 is 1.80. The van der Waals surface area contributed by atoms with Gasteiger partial charge in [0.05, 0.1) is 10.3 Å². The van der Waals surface area contributed by atoms with Gasteiger partial charge in [0, 0.05) is 16.0 Å². The molecule has 3 nitrogen and oxygen atoms in total. The molecule has 0 N–H and O–H groups in total. The van der Waals surface area contributed by atoms with Crippen LogP contribution in [-0.4, -0.2) is 15.0 Å². The maximum atomic E-state index is 5.26. The van der Waals surface area contributed by atoms with Gasteiger partial charge in [-0.05, 0) is 80.6 Å². The van der Waals surface area contributed by atoms with Gasteiger partial charge in [-0.2, -0.15) is 0 Å². The van der Waals surface area contributed by atoms with Crippen LogP contribution in [0.5, 0.6) is 0 Å². The Balaban J connectivity index is 1.18. The number of nitrogens with zero attached hydrogens (tertiary/aromatic N) is 3. The lowest BCUT2D eigenvalue weighted by Crippen LogP contribution is -2.28. The van der Waals surface area contributed by atoms with Crippen molar-refractivity contribution in [3.8, 4) is 55.7 Å². The molecule has 0 aliphatic heterocycles. The first kappa shape index (κ1) is 31.5. The zero-order valence-corrected chi connectivity index (χ0v) is 30.1. The quantitative estimate of drug-likeness (QED) is 0.174. The van der Waals surface area contributed by atoms with E-state index in [1.807, 2.05) is 6.07 Å². The molecule has 0 spiro atoms. The number of rotatable bonds is 6. The Morgan fingerprint density at radius 1 is 0.509 bits per heavy atom. The number of hydrogen-bond donors (Lipinski definition) is 0. The Labute approximate surface area is 314 Å². The highest BCUT2D eigenvalue weighted by Crippen LogP contribution is 2.56. The first-order valence-electron chi connectivity index (χ1n) is 18.2. The van der Waals surface area contributed by atoms with Crippen LogP contribution in [-0.2, 0) is 11.8 Å². The van der Waals surface area contributed by atoms with Crippen LogP contribution in [0.3, 0.4) is 0 Å². The smallest absolute Gasteiger partial charge is 0.174 e. The molecule has 6 aromatic carbocycles. The maximum absolute atomic E-state index is 5.26. The van der Waals surface area contributed by atoms with Gasteiger partial charge in [0.2, 0.25) is 0 Å². The van der Waals surface area contributed by atoms with Crippen LogP contribution >= 0.6 is 11.3 Å². The van der Waals surface area contributed by atoms with Gasteiger partial charge in [-0.15, -0.1) is 11.3 Å². The summed E-state index contributed by atoms with van der Waals surface area (Å²) in [5.41, 5.74) is 12.5. The molecule has 2 aliphatic rings. The zero-order chi connectivity index (χ0) is 35.4. The van der Waals surface area contributed by atoms with Crippen molar-refractivity contribution in [1.29, 1.82) is 0 Å². The lowest BCUT2D eigenvalue weighted by Gasteiger charge is -2.34. The minimum absolute atomic E-state index is 0.511. The van der Waals surface area contributed by atoms with Crippen molar-refractivity contribution in [1.82, 2.24) is 15.0 Å². The van der Waals surface area contributed by atoms with E-state index in [0.29, 0.717) is 23.4 Å². The van der Waals surface area contributed by atoms with Gasteiger partial charge in [-0.3, -0.25) is 0 Å². The van der Waals surface area contributed by atoms with E-state index in [2.05, 4.69) is 177 Å². The van der Waals surface area contributed by atoms with Gasteiger partial charge in [0.1, 0.15) is 0 Å². The van der Waals surface area contributed by atoms with E-state index in [1.54, 1.807) is 11.3 Å². The first-order valence-corrected chi connectivity index (χ1v) is 19.1. The summed E-state index contributed by atoms with van der Waals surface area (Å²) in [5, 5.41) is 0. The van der Waals surface area contributed by atoms with E-state index < -0.39 is 5.41 Å². The second-order valence-electron chi connectivity index (χ2n) is 14.1. The average molecular weight is 698 g/mol. The van der Waals surface area contributed by atoms with E-state index in [-0.39, 0.29) is 0 Å². The summed E-state index contributed by atoms with van der Waals surface area (Å²) in [5.74, 6) is 2.55. The standard InChI is InChI=1S/C49H35N3S/c1-32-26-27-35-31-45(53-44(35)28-32)48-51-46(36-17-12-16-34(29-36)33-14-4-2-5-15-33)50-47(52-48)37-18-13-21-39(30-37)49(38-19-6-3-7-20-38)42-24-10-8-22-40(42)41-23-9-11-25-43(41)49/h2-27,29-32H,28H2,1H3. The lowest BCUT2D eigenvalue weighted by atomic mass is 9.67. The van der Waals surface area contributed by atoms with Gasteiger partial charge in [0.25, 0.3) is 0 Å². The highest BCUT2D eigenvalue weighted by Gasteiger charge is 2.46. The number of fused-ring (bicyclic) bond motifs is 4. The van der Waals surface area contributed by atoms with Crippen molar-refractivity contribution in [2.45, 2.75) is 18.8 Å². The summed E-state index contributed by atoms with van der Waals surface area (Å²) in [6.45, 7) is 2.27. The molecule has 2 heterocycles. The predicted molar refractivity (Wildman–Crippen MR) is 219 cm³/mol. The molecule has 0 fully saturated rings. The van der Waals surface area contributed by atoms with Gasteiger partial charge in [0.15, 0.2) is 17.5 Å². The van der Waals surface area contributed by atoms with Crippen LogP contribution in [0.25, 0.3) is 61.8 Å².